The van der Waals surface area contributed by atoms with Crippen molar-refractivity contribution in [1.82, 2.24) is 0 Å². The van der Waals surface area contributed by atoms with Crippen molar-refractivity contribution in [2.45, 2.75) is 6.92 Å². The molecule has 0 fully saturated rings. The lowest BCUT2D eigenvalue weighted by atomic mass is 9.94. The molecule has 0 N–H and O–H groups in total. The van der Waals surface area contributed by atoms with Crippen LogP contribution in [0.25, 0.3) is 32.7 Å². The topological polar surface area (TPSA) is 34.1 Å². The van der Waals surface area contributed by atoms with Crippen molar-refractivity contribution >= 4 is 27.7 Å². The predicted molar refractivity (Wildman–Crippen MR) is 96.6 cm³/mol. The van der Waals surface area contributed by atoms with E-state index in [0.29, 0.717) is 0 Å². The second-order valence-corrected chi connectivity index (χ2v) is 5.60. The molecule has 2 nitrogen and oxygen atoms in total. The number of aryl methyl sites for hydroxylation is 1. The van der Waals surface area contributed by atoms with Crippen LogP contribution < -0.4 is 0 Å². The Kier molecular flexibility index (Phi) is 4.51. The van der Waals surface area contributed by atoms with Crippen LogP contribution in [0.2, 0.25) is 0 Å². The fourth-order valence-corrected chi connectivity index (χ4v) is 3.10. The highest BCUT2D eigenvalue weighted by Crippen LogP contribution is 2.31. The standard InChI is InChI=1S/C21H16.CO2/c1-15-20-9-5-4-7-17(20)12-13-21(15)19-11-10-16-6-2-3-8-18(16)14-19;2-1-3/h2-14H,1H3;. The Morgan fingerprint density at radius 2 is 1.25 bits per heavy atom. The van der Waals surface area contributed by atoms with Crippen molar-refractivity contribution in [2.24, 2.45) is 0 Å². The number of hydrogen-bond acceptors (Lipinski definition) is 2. The molecule has 0 amide bonds. The minimum atomic E-state index is 0.250. The van der Waals surface area contributed by atoms with Gasteiger partial charge in [0.15, 0.2) is 0 Å². The van der Waals surface area contributed by atoms with Gasteiger partial charge in [-0.15, -0.1) is 0 Å². The van der Waals surface area contributed by atoms with E-state index in [1.54, 1.807) is 0 Å². The van der Waals surface area contributed by atoms with Crippen molar-refractivity contribution < 1.29 is 9.59 Å². The summed E-state index contributed by atoms with van der Waals surface area (Å²) in [6.07, 6.45) is 0.250. The van der Waals surface area contributed by atoms with Gasteiger partial charge >= 0.3 is 6.15 Å². The normalized spacial score (nSPS) is 10.0. The van der Waals surface area contributed by atoms with Gasteiger partial charge in [0.05, 0.1) is 0 Å². The van der Waals surface area contributed by atoms with Crippen molar-refractivity contribution in [3.05, 3.63) is 84.4 Å². The summed E-state index contributed by atoms with van der Waals surface area (Å²) in [4.78, 5) is 16.2. The number of fused-ring (bicyclic) bond motifs is 2. The highest BCUT2D eigenvalue weighted by atomic mass is 16.2. The van der Waals surface area contributed by atoms with Crippen LogP contribution in [0.15, 0.2) is 78.9 Å². The zero-order valence-electron chi connectivity index (χ0n) is 13.3. The first kappa shape index (κ1) is 15.7. The third-order valence-corrected chi connectivity index (χ3v) is 4.26. The quantitative estimate of drug-likeness (QED) is 0.472. The molecule has 116 valence electrons. The van der Waals surface area contributed by atoms with Gasteiger partial charge < -0.3 is 0 Å². The van der Waals surface area contributed by atoms with E-state index >= 15 is 0 Å². The lowest BCUT2D eigenvalue weighted by Gasteiger charge is -2.10. The summed E-state index contributed by atoms with van der Waals surface area (Å²) in [5.41, 5.74) is 3.96. The molecule has 0 spiro atoms. The molecule has 24 heavy (non-hydrogen) atoms. The second-order valence-electron chi connectivity index (χ2n) is 5.60. The zero-order chi connectivity index (χ0) is 16.9. The summed E-state index contributed by atoms with van der Waals surface area (Å²) in [6, 6.07) is 28.3. The van der Waals surface area contributed by atoms with Crippen molar-refractivity contribution in [3.63, 3.8) is 0 Å². The van der Waals surface area contributed by atoms with Gasteiger partial charge in [0.25, 0.3) is 0 Å². The Hall–Kier alpha value is -3.22. The summed E-state index contributed by atoms with van der Waals surface area (Å²) < 4.78 is 0. The highest BCUT2D eigenvalue weighted by Gasteiger charge is 2.06. The van der Waals surface area contributed by atoms with E-state index in [4.69, 9.17) is 9.59 Å². The summed E-state index contributed by atoms with van der Waals surface area (Å²) >= 11 is 0. The number of benzene rings is 4. The Bertz CT molecular complexity index is 1040. The molecule has 0 aliphatic carbocycles. The SMILES string of the molecule is Cc1c(-c2ccc3ccccc3c2)ccc2ccccc12.O=C=O. The van der Waals surface area contributed by atoms with Gasteiger partial charge in [-0.25, -0.2) is 0 Å². The van der Waals surface area contributed by atoms with E-state index in [-0.39, 0.29) is 6.15 Å². The molecule has 0 heterocycles. The molecule has 2 heteroatoms. The van der Waals surface area contributed by atoms with Crippen molar-refractivity contribution in [3.8, 4) is 11.1 Å². The molecule has 0 aliphatic rings. The highest BCUT2D eigenvalue weighted by molar-refractivity contribution is 5.94. The van der Waals surface area contributed by atoms with Gasteiger partial charge in [-0.2, -0.15) is 9.59 Å². The lowest BCUT2D eigenvalue weighted by molar-refractivity contribution is -0.191. The smallest absolute Gasteiger partial charge is 0.186 e. The Labute approximate surface area is 140 Å². The molecule has 4 aromatic carbocycles. The van der Waals surface area contributed by atoms with Gasteiger partial charge in [0.2, 0.25) is 0 Å². The maximum atomic E-state index is 8.12. The maximum absolute atomic E-state index is 8.12. The van der Waals surface area contributed by atoms with Crippen LogP contribution in [0, 0.1) is 6.92 Å². The van der Waals surface area contributed by atoms with Crippen LogP contribution in [-0.4, -0.2) is 6.15 Å². The van der Waals surface area contributed by atoms with E-state index in [1.807, 2.05) is 0 Å². The monoisotopic (exact) mass is 312 g/mol. The van der Waals surface area contributed by atoms with Gasteiger partial charge in [-0.05, 0) is 51.2 Å². The Morgan fingerprint density at radius 3 is 2.00 bits per heavy atom. The molecule has 0 saturated carbocycles. The number of rotatable bonds is 1. The molecular formula is C22H16O2. The first-order valence-electron chi connectivity index (χ1n) is 7.71. The minimum Gasteiger partial charge on any atom is -0.186 e. The summed E-state index contributed by atoms with van der Waals surface area (Å²) in [6.45, 7) is 2.22. The third-order valence-electron chi connectivity index (χ3n) is 4.26. The molecule has 0 aliphatic heterocycles. The van der Waals surface area contributed by atoms with E-state index in [2.05, 4.69) is 85.8 Å². The van der Waals surface area contributed by atoms with E-state index in [0.717, 1.165) is 0 Å². The summed E-state index contributed by atoms with van der Waals surface area (Å²) in [7, 11) is 0. The van der Waals surface area contributed by atoms with E-state index in [1.165, 1.54) is 38.2 Å². The molecule has 0 unspecified atom stereocenters. The minimum absolute atomic E-state index is 0.250. The van der Waals surface area contributed by atoms with Crippen LogP contribution in [-0.2, 0) is 9.59 Å². The lowest BCUT2D eigenvalue weighted by Crippen LogP contribution is -1.86. The van der Waals surface area contributed by atoms with Gasteiger partial charge in [0, 0.05) is 0 Å². The largest absolute Gasteiger partial charge is 0.373 e. The average molecular weight is 312 g/mol. The fraction of sp³-hybridized carbons (Fsp3) is 0.0455. The van der Waals surface area contributed by atoms with E-state index < -0.39 is 0 Å². The van der Waals surface area contributed by atoms with Crippen LogP contribution in [0.3, 0.4) is 0 Å². The molecular weight excluding hydrogens is 296 g/mol. The molecule has 0 aromatic heterocycles. The third kappa shape index (κ3) is 2.96. The van der Waals surface area contributed by atoms with Crippen molar-refractivity contribution in [1.29, 1.82) is 0 Å². The summed E-state index contributed by atoms with van der Waals surface area (Å²) in [5.74, 6) is 0. The number of carbonyl (C=O) groups excluding carboxylic acids is 2. The van der Waals surface area contributed by atoms with Gasteiger partial charge in [-0.1, -0.05) is 72.8 Å². The van der Waals surface area contributed by atoms with Crippen LogP contribution in [0.4, 0.5) is 0 Å². The predicted octanol–water partition coefficient (Wildman–Crippen LogP) is 5.38. The molecule has 4 aromatic rings. The summed E-state index contributed by atoms with van der Waals surface area (Å²) in [5, 5.41) is 5.23. The molecule has 0 atom stereocenters. The van der Waals surface area contributed by atoms with E-state index in [9.17, 15) is 0 Å². The maximum Gasteiger partial charge on any atom is 0.373 e. The van der Waals surface area contributed by atoms with Crippen molar-refractivity contribution in [2.75, 3.05) is 0 Å². The molecule has 4 rings (SSSR count). The molecule has 0 bridgehead atoms. The van der Waals surface area contributed by atoms with Crippen LogP contribution in [0.5, 0.6) is 0 Å². The van der Waals surface area contributed by atoms with Gasteiger partial charge in [-0.3, -0.25) is 0 Å². The fourth-order valence-electron chi connectivity index (χ4n) is 3.10. The van der Waals surface area contributed by atoms with Crippen LogP contribution in [0.1, 0.15) is 5.56 Å². The average Bonchev–Trinajstić information content (AvgIpc) is 2.63. The number of hydrogen-bond donors (Lipinski definition) is 0. The Morgan fingerprint density at radius 1 is 0.667 bits per heavy atom. The van der Waals surface area contributed by atoms with Gasteiger partial charge in [0.1, 0.15) is 0 Å². The molecule has 0 radical (unpaired) electrons. The first-order chi connectivity index (χ1) is 11.7. The molecule has 0 saturated heterocycles. The van der Waals surface area contributed by atoms with Crippen LogP contribution >= 0.6 is 0 Å². The second kappa shape index (κ2) is 6.91. The Balaban J connectivity index is 0.000000526. The zero-order valence-corrected chi connectivity index (χ0v) is 13.3. The first-order valence-corrected chi connectivity index (χ1v) is 7.71.